The Morgan fingerprint density at radius 3 is 1.50 bits per heavy atom. The van der Waals surface area contributed by atoms with Crippen LogP contribution in [0.3, 0.4) is 0 Å². The van der Waals surface area contributed by atoms with Crippen LogP contribution in [0.1, 0.15) is 0 Å². The Morgan fingerprint density at radius 2 is 1.05 bits per heavy atom. The molecule has 6 heteroatoms. The first kappa shape index (κ1) is 11.8. The van der Waals surface area contributed by atoms with Crippen LogP contribution < -0.4 is 0 Å². The number of pyridine rings is 2. The smallest absolute Gasteiger partial charge is 0.129 e. The first-order chi connectivity index (χ1) is 9.74. The molecule has 0 radical (unpaired) electrons. The van der Waals surface area contributed by atoms with Crippen LogP contribution in [0.5, 0.6) is 0 Å². The molecule has 0 saturated carbocycles. The maximum Gasteiger partial charge on any atom is 0.129 e. The summed E-state index contributed by atoms with van der Waals surface area (Å²) >= 11 is 12.0. The average molecular weight is 301 g/mol. The summed E-state index contributed by atoms with van der Waals surface area (Å²) in [7, 11) is 0. The molecule has 0 spiro atoms. The fraction of sp³-hybridized carbons (Fsp3) is 0. The van der Waals surface area contributed by atoms with E-state index in [1.54, 1.807) is 24.5 Å². The molecule has 0 saturated heterocycles. The van der Waals surface area contributed by atoms with Gasteiger partial charge in [-0.05, 0) is 24.3 Å². The number of halogens is 2. The predicted molar refractivity (Wildman–Crippen MR) is 80.2 cm³/mol. The Morgan fingerprint density at radius 1 is 0.600 bits per heavy atom. The molecule has 0 aliphatic rings. The molecular formula is C14H6Cl2N4. The Balaban J connectivity index is 2.41. The lowest BCUT2D eigenvalue weighted by atomic mass is 10.1. The van der Waals surface area contributed by atoms with E-state index in [1.807, 2.05) is 12.1 Å². The van der Waals surface area contributed by atoms with Crippen molar-refractivity contribution < 1.29 is 0 Å². The van der Waals surface area contributed by atoms with Gasteiger partial charge in [0.2, 0.25) is 0 Å². The molecule has 0 N–H and O–H groups in total. The molecule has 3 aromatic heterocycles. The first-order valence-corrected chi connectivity index (χ1v) is 6.65. The summed E-state index contributed by atoms with van der Waals surface area (Å²) in [5.74, 6) is 0. The van der Waals surface area contributed by atoms with Crippen LogP contribution in [0, 0.1) is 0 Å². The minimum absolute atomic E-state index is 0.406. The number of fused-ring (bicyclic) bond motifs is 6. The number of nitrogens with zero attached hydrogens (tertiary/aromatic N) is 4. The van der Waals surface area contributed by atoms with E-state index in [-0.39, 0.29) is 0 Å². The summed E-state index contributed by atoms with van der Waals surface area (Å²) < 4.78 is 0. The van der Waals surface area contributed by atoms with E-state index >= 15 is 0 Å². The number of rotatable bonds is 0. The fourth-order valence-corrected chi connectivity index (χ4v) is 2.64. The third-order valence-electron chi connectivity index (χ3n) is 3.16. The second-order valence-electron chi connectivity index (χ2n) is 4.31. The lowest BCUT2D eigenvalue weighted by Crippen LogP contribution is -1.92. The predicted octanol–water partition coefficient (Wildman–Crippen LogP) is 4.03. The highest BCUT2D eigenvalue weighted by molar-refractivity contribution is 6.32. The molecular weight excluding hydrogens is 295 g/mol. The quantitative estimate of drug-likeness (QED) is 0.363. The van der Waals surface area contributed by atoms with Crippen LogP contribution in [0.4, 0.5) is 0 Å². The van der Waals surface area contributed by atoms with E-state index < -0.39 is 0 Å². The van der Waals surface area contributed by atoms with Crippen LogP contribution >= 0.6 is 23.2 Å². The Labute approximate surface area is 123 Å². The molecule has 0 amide bonds. The standard InChI is InChI=1S/C14H6Cl2N4/c15-9-3-1-7-11-12(18-6-5-17-11)8-2-4-10(16)20-14(8)13(7)19-9/h1-6H. The van der Waals surface area contributed by atoms with Gasteiger partial charge in [0.25, 0.3) is 0 Å². The Kier molecular flexibility index (Phi) is 2.49. The van der Waals surface area contributed by atoms with Gasteiger partial charge in [-0.1, -0.05) is 23.2 Å². The topological polar surface area (TPSA) is 51.6 Å². The molecule has 96 valence electrons. The Hall–Kier alpha value is -2.04. The second-order valence-corrected chi connectivity index (χ2v) is 5.09. The molecule has 4 rings (SSSR count). The highest BCUT2D eigenvalue weighted by atomic mass is 35.5. The van der Waals surface area contributed by atoms with Crippen molar-refractivity contribution in [3.63, 3.8) is 0 Å². The summed E-state index contributed by atoms with van der Waals surface area (Å²) in [6, 6.07) is 7.22. The van der Waals surface area contributed by atoms with E-state index in [0.29, 0.717) is 21.3 Å². The van der Waals surface area contributed by atoms with Crippen LogP contribution in [0.2, 0.25) is 10.3 Å². The van der Waals surface area contributed by atoms with Gasteiger partial charge in [-0.25, -0.2) is 9.97 Å². The summed E-state index contributed by atoms with van der Waals surface area (Å²) in [4.78, 5) is 17.6. The summed E-state index contributed by atoms with van der Waals surface area (Å²) in [5.41, 5.74) is 2.93. The van der Waals surface area contributed by atoms with E-state index in [9.17, 15) is 0 Å². The Bertz CT molecular complexity index is 904. The van der Waals surface area contributed by atoms with Crippen molar-refractivity contribution in [3.05, 3.63) is 47.0 Å². The van der Waals surface area contributed by atoms with Gasteiger partial charge in [-0.15, -0.1) is 0 Å². The molecule has 4 aromatic rings. The van der Waals surface area contributed by atoms with Crippen molar-refractivity contribution in [2.75, 3.05) is 0 Å². The largest absolute Gasteiger partial charge is 0.252 e. The van der Waals surface area contributed by atoms with Crippen LogP contribution in [0.15, 0.2) is 36.7 Å². The summed E-state index contributed by atoms with van der Waals surface area (Å²) in [6.07, 6.45) is 3.32. The molecule has 20 heavy (non-hydrogen) atoms. The summed E-state index contributed by atoms with van der Waals surface area (Å²) in [6.45, 7) is 0. The SMILES string of the molecule is Clc1ccc2c3nccnc3c3ccc(Cl)nc3c2n1. The maximum absolute atomic E-state index is 6.00. The zero-order valence-corrected chi connectivity index (χ0v) is 11.5. The molecule has 0 atom stereocenters. The maximum atomic E-state index is 6.00. The van der Waals surface area contributed by atoms with E-state index in [2.05, 4.69) is 19.9 Å². The van der Waals surface area contributed by atoms with Crippen LogP contribution in [-0.2, 0) is 0 Å². The first-order valence-electron chi connectivity index (χ1n) is 5.89. The highest BCUT2D eigenvalue weighted by Crippen LogP contribution is 2.32. The zero-order valence-electron chi connectivity index (χ0n) is 10.0. The van der Waals surface area contributed by atoms with Gasteiger partial charge in [-0.2, -0.15) is 0 Å². The molecule has 4 nitrogen and oxygen atoms in total. The minimum atomic E-state index is 0.406. The number of hydrogen-bond acceptors (Lipinski definition) is 4. The average Bonchev–Trinajstić information content (AvgIpc) is 2.47. The molecule has 0 fully saturated rings. The van der Waals surface area contributed by atoms with Gasteiger partial charge in [0.05, 0.1) is 11.0 Å². The molecule has 3 heterocycles. The molecule has 1 aromatic carbocycles. The third-order valence-corrected chi connectivity index (χ3v) is 3.58. The molecule has 0 aliphatic heterocycles. The molecule has 0 aliphatic carbocycles. The second kappa shape index (κ2) is 4.23. The minimum Gasteiger partial charge on any atom is -0.252 e. The van der Waals surface area contributed by atoms with Gasteiger partial charge < -0.3 is 0 Å². The molecule has 0 unspecified atom stereocenters. The number of aromatic nitrogens is 4. The van der Waals surface area contributed by atoms with Gasteiger partial charge >= 0.3 is 0 Å². The highest BCUT2D eigenvalue weighted by Gasteiger charge is 2.13. The van der Waals surface area contributed by atoms with Crippen molar-refractivity contribution in [2.45, 2.75) is 0 Å². The zero-order chi connectivity index (χ0) is 13.7. The lowest BCUT2D eigenvalue weighted by molar-refractivity contribution is 1.30. The van der Waals surface area contributed by atoms with Crippen molar-refractivity contribution in [1.82, 2.24) is 19.9 Å². The lowest BCUT2D eigenvalue weighted by Gasteiger charge is -2.07. The van der Waals surface area contributed by atoms with Crippen molar-refractivity contribution in [3.8, 4) is 0 Å². The summed E-state index contributed by atoms with van der Waals surface area (Å²) in [5, 5.41) is 2.53. The van der Waals surface area contributed by atoms with Crippen molar-refractivity contribution in [2.24, 2.45) is 0 Å². The monoisotopic (exact) mass is 300 g/mol. The van der Waals surface area contributed by atoms with Crippen LogP contribution in [0.25, 0.3) is 32.8 Å². The fourth-order valence-electron chi connectivity index (χ4n) is 2.35. The normalized spacial score (nSPS) is 11.5. The molecule has 0 bridgehead atoms. The van der Waals surface area contributed by atoms with Gasteiger partial charge in [0.1, 0.15) is 21.3 Å². The number of benzene rings is 1. The van der Waals surface area contributed by atoms with Gasteiger partial charge in [-0.3, -0.25) is 9.97 Å². The van der Waals surface area contributed by atoms with Crippen molar-refractivity contribution >= 4 is 56.0 Å². The van der Waals surface area contributed by atoms with Crippen LogP contribution in [-0.4, -0.2) is 19.9 Å². The van der Waals surface area contributed by atoms with Gasteiger partial charge in [0.15, 0.2) is 0 Å². The third kappa shape index (κ3) is 1.62. The number of hydrogen-bond donors (Lipinski definition) is 0. The van der Waals surface area contributed by atoms with Crippen molar-refractivity contribution in [1.29, 1.82) is 0 Å². The van der Waals surface area contributed by atoms with E-state index in [1.165, 1.54) is 0 Å². The van der Waals surface area contributed by atoms with Gasteiger partial charge in [0, 0.05) is 23.2 Å². The van der Waals surface area contributed by atoms with E-state index in [4.69, 9.17) is 23.2 Å². The van der Waals surface area contributed by atoms with E-state index in [0.717, 1.165) is 21.8 Å².